The van der Waals surface area contributed by atoms with Gasteiger partial charge in [0, 0.05) is 0 Å². The second-order valence-corrected chi connectivity index (χ2v) is 3.66. The first-order chi connectivity index (χ1) is 5.04. The van der Waals surface area contributed by atoms with Gasteiger partial charge in [-0.15, -0.1) is 0 Å². The van der Waals surface area contributed by atoms with Crippen LogP contribution in [0, 0.1) is 5.92 Å². The first-order valence-electron chi connectivity index (χ1n) is 4.03. The van der Waals surface area contributed by atoms with Crippen molar-refractivity contribution in [3.63, 3.8) is 0 Å². The second kappa shape index (κ2) is 2.81. The Morgan fingerprint density at radius 3 is 2.73 bits per heavy atom. The molecule has 1 aliphatic rings. The van der Waals surface area contributed by atoms with Gasteiger partial charge in [-0.05, 0) is 32.2 Å². The summed E-state index contributed by atoms with van der Waals surface area (Å²) >= 11 is 0. The summed E-state index contributed by atoms with van der Waals surface area (Å²) < 4.78 is 0. The fourth-order valence-electron chi connectivity index (χ4n) is 1.63. The summed E-state index contributed by atoms with van der Waals surface area (Å²) in [4.78, 5) is 10.8. The minimum Gasteiger partial charge on any atom is -0.480 e. The summed E-state index contributed by atoms with van der Waals surface area (Å²) in [7, 11) is 0. The summed E-state index contributed by atoms with van der Waals surface area (Å²) in [5.74, 6) is -0.207. The van der Waals surface area contributed by atoms with Crippen LogP contribution in [0.4, 0.5) is 0 Å². The number of carbonyl (C=O) groups is 1. The maximum Gasteiger partial charge on any atom is 0.323 e. The minimum atomic E-state index is -0.732. The van der Waals surface area contributed by atoms with E-state index in [-0.39, 0.29) is 0 Å². The van der Waals surface area contributed by atoms with E-state index in [1.165, 1.54) is 0 Å². The predicted molar refractivity (Wildman–Crippen MR) is 42.4 cm³/mol. The second-order valence-electron chi connectivity index (χ2n) is 3.66. The highest BCUT2D eigenvalue weighted by Gasteiger charge is 2.36. The monoisotopic (exact) mass is 157 g/mol. The molecule has 3 nitrogen and oxygen atoms in total. The minimum absolute atomic E-state index is 0.525. The highest BCUT2D eigenvalue weighted by Crippen LogP contribution is 2.23. The molecule has 0 radical (unpaired) electrons. The SMILES string of the molecule is CC1CCN[C@](C)(C(=O)O)C1. The van der Waals surface area contributed by atoms with Crippen molar-refractivity contribution in [2.75, 3.05) is 6.54 Å². The molecule has 1 fully saturated rings. The van der Waals surface area contributed by atoms with E-state index in [2.05, 4.69) is 12.2 Å². The number of hydrogen-bond acceptors (Lipinski definition) is 2. The van der Waals surface area contributed by atoms with Crippen LogP contribution in [-0.2, 0) is 4.79 Å². The van der Waals surface area contributed by atoms with Crippen molar-refractivity contribution in [1.82, 2.24) is 5.32 Å². The van der Waals surface area contributed by atoms with Crippen LogP contribution in [0.25, 0.3) is 0 Å². The smallest absolute Gasteiger partial charge is 0.323 e. The number of hydrogen-bond donors (Lipinski definition) is 2. The number of piperidine rings is 1. The third-order valence-corrected chi connectivity index (χ3v) is 2.38. The van der Waals surface area contributed by atoms with Gasteiger partial charge < -0.3 is 10.4 Å². The molecule has 1 unspecified atom stereocenters. The van der Waals surface area contributed by atoms with Crippen LogP contribution in [0.5, 0.6) is 0 Å². The molecule has 0 bridgehead atoms. The van der Waals surface area contributed by atoms with Gasteiger partial charge in [0.2, 0.25) is 0 Å². The normalized spacial score (nSPS) is 38.5. The van der Waals surface area contributed by atoms with E-state index in [1.54, 1.807) is 6.92 Å². The predicted octanol–water partition coefficient (Wildman–Crippen LogP) is 0.849. The molecule has 0 amide bonds. The van der Waals surface area contributed by atoms with Gasteiger partial charge >= 0.3 is 5.97 Å². The molecule has 1 rings (SSSR count). The molecule has 0 aromatic carbocycles. The van der Waals surface area contributed by atoms with E-state index in [0.717, 1.165) is 19.4 Å². The number of nitrogens with one attached hydrogen (secondary N) is 1. The van der Waals surface area contributed by atoms with Gasteiger partial charge in [0.05, 0.1) is 0 Å². The Morgan fingerprint density at radius 1 is 1.73 bits per heavy atom. The highest BCUT2D eigenvalue weighted by molar-refractivity contribution is 5.78. The van der Waals surface area contributed by atoms with Crippen molar-refractivity contribution in [3.8, 4) is 0 Å². The number of rotatable bonds is 1. The van der Waals surface area contributed by atoms with Crippen LogP contribution in [0.2, 0.25) is 0 Å². The van der Waals surface area contributed by atoms with Gasteiger partial charge in [-0.3, -0.25) is 4.79 Å². The topological polar surface area (TPSA) is 49.3 Å². The van der Waals surface area contributed by atoms with E-state index < -0.39 is 11.5 Å². The van der Waals surface area contributed by atoms with Gasteiger partial charge in [-0.1, -0.05) is 6.92 Å². The molecule has 3 heteroatoms. The Labute approximate surface area is 66.8 Å². The lowest BCUT2D eigenvalue weighted by Gasteiger charge is -2.34. The fourth-order valence-corrected chi connectivity index (χ4v) is 1.63. The van der Waals surface area contributed by atoms with Crippen molar-refractivity contribution in [1.29, 1.82) is 0 Å². The summed E-state index contributed by atoms with van der Waals surface area (Å²) in [6, 6.07) is 0. The zero-order valence-corrected chi connectivity index (χ0v) is 7.05. The van der Waals surface area contributed by atoms with Crippen molar-refractivity contribution in [3.05, 3.63) is 0 Å². The summed E-state index contributed by atoms with van der Waals surface area (Å²) in [6.45, 7) is 4.68. The average molecular weight is 157 g/mol. The lowest BCUT2D eigenvalue weighted by atomic mass is 9.84. The molecule has 0 spiro atoms. The zero-order chi connectivity index (χ0) is 8.48. The molecule has 0 aliphatic carbocycles. The number of carboxylic acids is 1. The van der Waals surface area contributed by atoms with Crippen LogP contribution in [0.15, 0.2) is 0 Å². The zero-order valence-electron chi connectivity index (χ0n) is 7.05. The molecule has 2 atom stereocenters. The van der Waals surface area contributed by atoms with E-state index in [9.17, 15) is 4.79 Å². The molecule has 64 valence electrons. The standard InChI is InChI=1S/C8H15NO2/c1-6-3-4-9-8(2,5-6)7(10)11/h6,9H,3-5H2,1-2H3,(H,10,11)/t6?,8-/m0/s1. The Bertz CT molecular complexity index is 169. The fraction of sp³-hybridized carbons (Fsp3) is 0.875. The van der Waals surface area contributed by atoms with Gasteiger partial charge in [-0.25, -0.2) is 0 Å². The summed E-state index contributed by atoms with van der Waals surface area (Å²) in [6.07, 6.45) is 1.82. The van der Waals surface area contributed by atoms with Crippen LogP contribution in [0.1, 0.15) is 26.7 Å². The molecule has 1 aliphatic heterocycles. The molecule has 1 saturated heterocycles. The molecule has 2 N–H and O–H groups in total. The number of aliphatic carboxylic acids is 1. The van der Waals surface area contributed by atoms with Gasteiger partial charge in [0.1, 0.15) is 5.54 Å². The lowest BCUT2D eigenvalue weighted by Crippen LogP contribution is -2.54. The van der Waals surface area contributed by atoms with E-state index in [0.29, 0.717) is 5.92 Å². The Hall–Kier alpha value is -0.570. The quantitative estimate of drug-likeness (QED) is 0.593. The van der Waals surface area contributed by atoms with Crippen molar-refractivity contribution >= 4 is 5.97 Å². The first-order valence-corrected chi connectivity index (χ1v) is 4.03. The van der Waals surface area contributed by atoms with Crippen LogP contribution < -0.4 is 5.32 Å². The van der Waals surface area contributed by atoms with E-state index in [1.807, 2.05) is 0 Å². The molecule has 1 heterocycles. The Morgan fingerprint density at radius 2 is 2.36 bits per heavy atom. The maximum absolute atomic E-state index is 10.8. The van der Waals surface area contributed by atoms with Gasteiger partial charge in [-0.2, -0.15) is 0 Å². The third kappa shape index (κ3) is 1.71. The molecule has 11 heavy (non-hydrogen) atoms. The lowest BCUT2D eigenvalue weighted by molar-refractivity contribution is -0.145. The third-order valence-electron chi connectivity index (χ3n) is 2.38. The van der Waals surface area contributed by atoms with E-state index in [4.69, 9.17) is 5.11 Å². The molecule has 0 aromatic rings. The van der Waals surface area contributed by atoms with Gasteiger partial charge in [0.15, 0.2) is 0 Å². The first kappa shape index (κ1) is 8.53. The van der Waals surface area contributed by atoms with E-state index >= 15 is 0 Å². The number of carboxylic acid groups (broad SMARTS) is 1. The summed E-state index contributed by atoms with van der Waals surface area (Å²) in [5, 5.41) is 11.9. The van der Waals surface area contributed by atoms with Crippen molar-refractivity contribution in [2.45, 2.75) is 32.2 Å². The Kier molecular flexibility index (Phi) is 2.18. The van der Waals surface area contributed by atoms with Crippen LogP contribution in [-0.4, -0.2) is 23.2 Å². The molecule has 0 saturated carbocycles. The van der Waals surface area contributed by atoms with Gasteiger partial charge in [0.25, 0.3) is 0 Å². The maximum atomic E-state index is 10.8. The molecular formula is C8H15NO2. The molecule has 0 aromatic heterocycles. The summed E-state index contributed by atoms with van der Waals surface area (Å²) in [5.41, 5.74) is -0.683. The average Bonchev–Trinajstić information content (AvgIpc) is 1.86. The molecular weight excluding hydrogens is 142 g/mol. The highest BCUT2D eigenvalue weighted by atomic mass is 16.4. The van der Waals surface area contributed by atoms with Crippen LogP contribution in [0.3, 0.4) is 0 Å². The van der Waals surface area contributed by atoms with Crippen LogP contribution >= 0.6 is 0 Å². The Balaban J connectivity index is 2.63. The van der Waals surface area contributed by atoms with Crippen molar-refractivity contribution < 1.29 is 9.90 Å². The largest absolute Gasteiger partial charge is 0.480 e. The van der Waals surface area contributed by atoms with Crippen molar-refractivity contribution in [2.24, 2.45) is 5.92 Å².